The lowest BCUT2D eigenvalue weighted by atomic mass is 10.0. The maximum Gasteiger partial charge on any atom is 0.315 e. The molecule has 1 heterocycles. The molecule has 0 radical (unpaired) electrons. The zero-order valence-corrected chi connectivity index (χ0v) is 12.9. The highest BCUT2D eigenvalue weighted by Gasteiger charge is 2.14. The zero-order valence-electron chi connectivity index (χ0n) is 12.9. The molecular formula is C19H15NO3. The molecule has 0 unspecified atom stereocenters. The van der Waals surface area contributed by atoms with Crippen molar-refractivity contribution in [2.45, 2.75) is 20.3 Å². The minimum atomic E-state index is -0.365. The number of esters is 1. The quantitative estimate of drug-likeness (QED) is 0.540. The Morgan fingerprint density at radius 1 is 1.17 bits per heavy atom. The number of benzene rings is 2. The fourth-order valence-electron chi connectivity index (χ4n) is 2.45. The molecule has 0 saturated heterocycles. The summed E-state index contributed by atoms with van der Waals surface area (Å²) < 4.78 is 10.9. The second-order valence-electron chi connectivity index (χ2n) is 5.43. The Balaban J connectivity index is 1.77. The Labute approximate surface area is 133 Å². The van der Waals surface area contributed by atoms with Crippen LogP contribution in [0.1, 0.15) is 22.3 Å². The predicted octanol–water partition coefficient (Wildman–Crippen LogP) is 4.07. The van der Waals surface area contributed by atoms with Crippen LogP contribution in [0.4, 0.5) is 0 Å². The lowest BCUT2D eigenvalue weighted by Crippen LogP contribution is -2.10. The van der Waals surface area contributed by atoms with Gasteiger partial charge in [0.15, 0.2) is 0 Å². The summed E-state index contributed by atoms with van der Waals surface area (Å²) in [4.78, 5) is 12.1. The number of furan rings is 1. The van der Waals surface area contributed by atoms with Crippen LogP contribution in [-0.2, 0) is 11.2 Å². The smallest absolute Gasteiger partial charge is 0.315 e. The van der Waals surface area contributed by atoms with Crippen LogP contribution in [0.2, 0.25) is 0 Å². The van der Waals surface area contributed by atoms with E-state index >= 15 is 0 Å². The monoisotopic (exact) mass is 305 g/mol. The molecule has 3 aromatic rings. The van der Waals surface area contributed by atoms with Crippen molar-refractivity contribution in [2.24, 2.45) is 0 Å². The molecule has 0 amide bonds. The van der Waals surface area contributed by atoms with Crippen molar-refractivity contribution in [3.05, 3.63) is 64.9 Å². The molecule has 0 N–H and O–H groups in total. The number of nitrogens with zero attached hydrogens (tertiary/aromatic N) is 1. The van der Waals surface area contributed by atoms with Gasteiger partial charge in [-0.3, -0.25) is 4.79 Å². The second kappa shape index (κ2) is 5.98. The van der Waals surface area contributed by atoms with Gasteiger partial charge in [-0.2, -0.15) is 5.26 Å². The van der Waals surface area contributed by atoms with Crippen molar-refractivity contribution in [3.63, 3.8) is 0 Å². The summed E-state index contributed by atoms with van der Waals surface area (Å²) in [5, 5.41) is 9.69. The number of carbonyl (C=O) groups excluding carboxylic acids is 1. The number of hydrogen-bond donors (Lipinski definition) is 0. The SMILES string of the molecule is Cc1ccc2c(CC(=O)Oc3ccc(C#N)cc3)coc2c1C. The molecule has 4 heteroatoms. The zero-order chi connectivity index (χ0) is 16.4. The summed E-state index contributed by atoms with van der Waals surface area (Å²) >= 11 is 0. The average Bonchev–Trinajstić information content (AvgIpc) is 2.95. The molecular weight excluding hydrogens is 290 g/mol. The molecule has 0 atom stereocenters. The number of ether oxygens (including phenoxy) is 1. The van der Waals surface area contributed by atoms with Crippen molar-refractivity contribution < 1.29 is 13.9 Å². The summed E-state index contributed by atoms with van der Waals surface area (Å²) in [6, 6.07) is 12.4. The van der Waals surface area contributed by atoms with Crippen LogP contribution >= 0.6 is 0 Å². The Morgan fingerprint density at radius 2 is 1.91 bits per heavy atom. The molecule has 0 fully saturated rings. The minimum absolute atomic E-state index is 0.134. The summed E-state index contributed by atoms with van der Waals surface area (Å²) in [6.07, 6.45) is 1.74. The van der Waals surface area contributed by atoms with Gasteiger partial charge in [0.2, 0.25) is 0 Å². The van der Waals surface area contributed by atoms with Crippen molar-refractivity contribution in [2.75, 3.05) is 0 Å². The fraction of sp³-hybridized carbons (Fsp3) is 0.158. The first kappa shape index (κ1) is 14.9. The highest BCUT2D eigenvalue weighted by Crippen LogP contribution is 2.27. The maximum atomic E-state index is 12.1. The summed E-state index contributed by atoms with van der Waals surface area (Å²) in [5.74, 6) is 0.0597. The predicted molar refractivity (Wildman–Crippen MR) is 86.2 cm³/mol. The van der Waals surface area contributed by atoms with Gasteiger partial charge in [-0.1, -0.05) is 12.1 Å². The van der Waals surface area contributed by atoms with E-state index in [4.69, 9.17) is 14.4 Å². The number of rotatable bonds is 3. The van der Waals surface area contributed by atoms with Crippen LogP contribution in [0.15, 0.2) is 47.1 Å². The van der Waals surface area contributed by atoms with E-state index in [1.807, 2.05) is 32.0 Å². The minimum Gasteiger partial charge on any atom is -0.464 e. The van der Waals surface area contributed by atoms with Crippen LogP contribution in [0.5, 0.6) is 5.75 Å². The largest absolute Gasteiger partial charge is 0.464 e. The van der Waals surface area contributed by atoms with Crippen LogP contribution in [0.25, 0.3) is 11.0 Å². The number of fused-ring (bicyclic) bond motifs is 1. The third-order valence-corrected chi connectivity index (χ3v) is 3.89. The average molecular weight is 305 g/mol. The number of aryl methyl sites for hydroxylation is 2. The first-order chi connectivity index (χ1) is 11.1. The molecule has 3 rings (SSSR count). The topological polar surface area (TPSA) is 63.2 Å². The Bertz CT molecular complexity index is 914. The lowest BCUT2D eigenvalue weighted by molar-refractivity contribution is -0.133. The third kappa shape index (κ3) is 2.95. The second-order valence-corrected chi connectivity index (χ2v) is 5.43. The van der Waals surface area contributed by atoms with E-state index in [1.54, 1.807) is 30.5 Å². The van der Waals surface area contributed by atoms with Gasteiger partial charge in [0.1, 0.15) is 11.3 Å². The van der Waals surface area contributed by atoms with E-state index in [0.717, 1.165) is 27.7 Å². The van der Waals surface area contributed by atoms with Crippen molar-refractivity contribution >= 4 is 16.9 Å². The van der Waals surface area contributed by atoms with Crippen LogP contribution < -0.4 is 4.74 Å². The van der Waals surface area contributed by atoms with Crippen molar-refractivity contribution in [1.29, 1.82) is 5.26 Å². The van der Waals surface area contributed by atoms with Gasteiger partial charge in [-0.05, 0) is 49.2 Å². The summed E-state index contributed by atoms with van der Waals surface area (Å²) in [6.45, 7) is 4.02. The molecule has 114 valence electrons. The molecule has 4 nitrogen and oxygen atoms in total. The van der Waals surface area contributed by atoms with E-state index < -0.39 is 0 Å². The number of nitriles is 1. The maximum absolute atomic E-state index is 12.1. The number of carbonyl (C=O) groups is 1. The van der Waals surface area contributed by atoms with Crippen molar-refractivity contribution in [3.8, 4) is 11.8 Å². The normalized spacial score (nSPS) is 10.5. The first-order valence-corrected chi connectivity index (χ1v) is 7.25. The Kier molecular flexibility index (Phi) is 3.86. The van der Waals surface area contributed by atoms with Crippen LogP contribution in [0.3, 0.4) is 0 Å². The van der Waals surface area contributed by atoms with Gasteiger partial charge in [0.05, 0.1) is 24.3 Å². The van der Waals surface area contributed by atoms with Gasteiger partial charge >= 0.3 is 5.97 Å². The van der Waals surface area contributed by atoms with Crippen LogP contribution in [-0.4, -0.2) is 5.97 Å². The molecule has 0 aliphatic carbocycles. The molecule has 2 aromatic carbocycles. The molecule has 0 bridgehead atoms. The molecule has 0 saturated carbocycles. The first-order valence-electron chi connectivity index (χ1n) is 7.25. The Morgan fingerprint density at radius 3 is 2.61 bits per heavy atom. The lowest BCUT2D eigenvalue weighted by Gasteiger charge is -2.04. The van der Waals surface area contributed by atoms with E-state index in [1.165, 1.54) is 0 Å². The van der Waals surface area contributed by atoms with E-state index in [-0.39, 0.29) is 12.4 Å². The molecule has 0 aliphatic heterocycles. The van der Waals surface area contributed by atoms with E-state index in [9.17, 15) is 4.79 Å². The van der Waals surface area contributed by atoms with E-state index in [0.29, 0.717) is 11.3 Å². The molecule has 0 aliphatic rings. The van der Waals surface area contributed by atoms with Gasteiger partial charge < -0.3 is 9.15 Å². The van der Waals surface area contributed by atoms with Crippen molar-refractivity contribution in [1.82, 2.24) is 0 Å². The van der Waals surface area contributed by atoms with E-state index in [2.05, 4.69) is 0 Å². The fourth-order valence-corrected chi connectivity index (χ4v) is 2.45. The molecule has 0 spiro atoms. The van der Waals surface area contributed by atoms with Gasteiger partial charge in [-0.15, -0.1) is 0 Å². The Hall–Kier alpha value is -3.06. The highest BCUT2D eigenvalue weighted by atomic mass is 16.5. The van der Waals surface area contributed by atoms with Gasteiger partial charge in [0, 0.05) is 10.9 Å². The number of hydrogen-bond acceptors (Lipinski definition) is 4. The highest BCUT2D eigenvalue weighted by molar-refractivity contribution is 5.88. The molecule has 1 aromatic heterocycles. The summed E-state index contributed by atoms with van der Waals surface area (Å²) in [7, 11) is 0. The van der Waals surface area contributed by atoms with Crippen LogP contribution in [0, 0.1) is 25.2 Å². The third-order valence-electron chi connectivity index (χ3n) is 3.89. The molecule has 23 heavy (non-hydrogen) atoms. The van der Waals surface area contributed by atoms with Gasteiger partial charge in [-0.25, -0.2) is 0 Å². The summed E-state index contributed by atoms with van der Waals surface area (Å²) in [5.41, 5.74) is 4.37. The van der Waals surface area contributed by atoms with Gasteiger partial charge in [0.25, 0.3) is 0 Å². The standard InChI is InChI=1S/C19H15NO3/c1-12-3-8-17-15(11-22-19(17)13(12)2)9-18(21)23-16-6-4-14(10-20)5-7-16/h3-8,11H,9H2,1-2H3.